The van der Waals surface area contributed by atoms with E-state index in [1.807, 2.05) is 19.1 Å². The molecule has 1 N–H and O–H groups in total. The largest absolute Gasteiger partial charge is 0.380 e. The van der Waals surface area contributed by atoms with E-state index in [9.17, 15) is 15.6 Å². The highest BCUT2D eigenvalue weighted by Crippen LogP contribution is 2.34. The van der Waals surface area contributed by atoms with Gasteiger partial charge in [0.25, 0.3) is 5.60 Å². The van der Waals surface area contributed by atoms with Crippen molar-refractivity contribution in [1.29, 1.82) is 10.5 Å². The summed E-state index contributed by atoms with van der Waals surface area (Å²) < 4.78 is 10.4. The molecule has 5 nitrogen and oxygen atoms in total. The lowest BCUT2D eigenvalue weighted by atomic mass is 9.77. The molecule has 0 spiro atoms. The second kappa shape index (κ2) is 6.51. The van der Waals surface area contributed by atoms with Crippen molar-refractivity contribution in [2.24, 2.45) is 0 Å². The first-order chi connectivity index (χ1) is 8.64. The molecule has 1 rings (SSSR count). The molecule has 0 saturated heterocycles. The van der Waals surface area contributed by atoms with Crippen LogP contribution < -0.4 is 0 Å². The molecular weight excluding hydrogens is 232 g/mol. The molecule has 5 heteroatoms. The maximum absolute atomic E-state index is 10.4. The van der Waals surface area contributed by atoms with E-state index >= 15 is 0 Å². The summed E-state index contributed by atoms with van der Waals surface area (Å²) in [6.07, 6.45) is 5.20. The van der Waals surface area contributed by atoms with E-state index in [2.05, 4.69) is 0 Å². The van der Waals surface area contributed by atoms with Crippen molar-refractivity contribution in [2.75, 3.05) is 19.8 Å². The number of aliphatic hydroxyl groups is 1. The molecule has 98 valence electrons. The van der Waals surface area contributed by atoms with E-state index in [0.29, 0.717) is 19.6 Å². The minimum atomic E-state index is -1.86. The van der Waals surface area contributed by atoms with Crippen LogP contribution in [0.15, 0.2) is 12.2 Å². The third-order valence-electron chi connectivity index (χ3n) is 3.00. The third-order valence-corrected chi connectivity index (χ3v) is 3.00. The summed E-state index contributed by atoms with van der Waals surface area (Å²) in [5, 5.41) is 28.9. The topological polar surface area (TPSA) is 86.3 Å². The van der Waals surface area contributed by atoms with E-state index in [1.165, 1.54) is 6.08 Å². The Labute approximate surface area is 107 Å². The van der Waals surface area contributed by atoms with Crippen LogP contribution in [0.3, 0.4) is 0 Å². The molecule has 0 radical (unpaired) electrons. The summed E-state index contributed by atoms with van der Waals surface area (Å²) in [6.45, 7) is 2.78. The average molecular weight is 250 g/mol. The van der Waals surface area contributed by atoms with Gasteiger partial charge in [0.1, 0.15) is 17.7 Å². The Morgan fingerprint density at radius 2 is 2.11 bits per heavy atom. The Morgan fingerprint density at radius 1 is 1.39 bits per heavy atom. The Balaban J connectivity index is 2.80. The number of nitrogens with zero attached hydrogens (tertiary/aromatic N) is 2. The number of hydrogen-bond acceptors (Lipinski definition) is 5. The van der Waals surface area contributed by atoms with Crippen LogP contribution in [0.4, 0.5) is 0 Å². The number of nitriles is 2. The molecule has 0 bridgehead atoms. The SMILES string of the molecule is CCOCCOC(C#N)(C#N)C1(O)C=CCCC1. The van der Waals surface area contributed by atoms with Crippen molar-refractivity contribution < 1.29 is 14.6 Å². The average Bonchev–Trinajstić information content (AvgIpc) is 2.40. The maximum atomic E-state index is 10.4. The van der Waals surface area contributed by atoms with E-state index in [1.54, 1.807) is 6.08 Å². The lowest BCUT2D eigenvalue weighted by molar-refractivity contribution is -0.111. The van der Waals surface area contributed by atoms with Gasteiger partial charge < -0.3 is 14.6 Å². The Hall–Kier alpha value is -1.40. The summed E-state index contributed by atoms with van der Waals surface area (Å²) in [5.74, 6) is 0. The van der Waals surface area contributed by atoms with Crippen LogP contribution in [0.25, 0.3) is 0 Å². The fourth-order valence-corrected chi connectivity index (χ4v) is 1.95. The molecule has 0 aromatic heterocycles. The zero-order valence-electron chi connectivity index (χ0n) is 10.6. The van der Waals surface area contributed by atoms with Crippen LogP contribution in [0.1, 0.15) is 26.2 Å². The molecular formula is C13H18N2O3. The summed E-state index contributed by atoms with van der Waals surface area (Å²) in [7, 11) is 0. The first-order valence-electron chi connectivity index (χ1n) is 6.08. The highest BCUT2D eigenvalue weighted by molar-refractivity contribution is 5.32. The van der Waals surface area contributed by atoms with Crippen LogP contribution in [0, 0.1) is 22.7 Å². The van der Waals surface area contributed by atoms with Gasteiger partial charge in [-0.1, -0.05) is 12.2 Å². The molecule has 0 saturated carbocycles. The normalized spacial score (nSPS) is 23.3. The second-order valence-corrected chi connectivity index (χ2v) is 4.17. The summed E-state index contributed by atoms with van der Waals surface area (Å²) in [4.78, 5) is 0. The van der Waals surface area contributed by atoms with Gasteiger partial charge >= 0.3 is 0 Å². The van der Waals surface area contributed by atoms with Gasteiger partial charge in [0.15, 0.2) is 0 Å². The molecule has 1 unspecified atom stereocenters. The fraction of sp³-hybridized carbons (Fsp3) is 0.692. The van der Waals surface area contributed by atoms with Gasteiger partial charge in [-0.3, -0.25) is 0 Å². The van der Waals surface area contributed by atoms with E-state index in [-0.39, 0.29) is 6.61 Å². The smallest absolute Gasteiger partial charge is 0.273 e. The monoisotopic (exact) mass is 250 g/mol. The molecule has 18 heavy (non-hydrogen) atoms. The lowest BCUT2D eigenvalue weighted by Gasteiger charge is -2.37. The van der Waals surface area contributed by atoms with Gasteiger partial charge in [-0.15, -0.1) is 0 Å². The predicted molar refractivity (Wildman–Crippen MR) is 64.3 cm³/mol. The molecule has 1 aliphatic rings. The van der Waals surface area contributed by atoms with Gasteiger partial charge in [0.05, 0.1) is 13.2 Å². The Kier molecular flexibility index (Phi) is 5.30. The van der Waals surface area contributed by atoms with Crippen LogP contribution in [0.5, 0.6) is 0 Å². The molecule has 0 aromatic rings. The highest BCUT2D eigenvalue weighted by Gasteiger charge is 2.52. The van der Waals surface area contributed by atoms with Gasteiger partial charge in [-0.2, -0.15) is 10.5 Å². The van der Waals surface area contributed by atoms with Gasteiger partial charge in [0.2, 0.25) is 0 Å². The molecule has 0 amide bonds. The molecule has 0 fully saturated rings. The number of allylic oxidation sites excluding steroid dienone is 1. The fourth-order valence-electron chi connectivity index (χ4n) is 1.95. The zero-order chi connectivity index (χ0) is 13.5. The highest BCUT2D eigenvalue weighted by atomic mass is 16.5. The Bertz CT molecular complexity index is 367. The van der Waals surface area contributed by atoms with Gasteiger partial charge in [0, 0.05) is 6.61 Å². The van der Waals surface area contributed by atoms with Crippen LogP contribution in [-0.2, 0) is 9.47 Å². The van der Waals surface area contributed by atoms with Crippen molar-refractivity contribution in [3.05, 3.63) is 12.2 Å². The van der Waals surface area contributed by atoms with Crippen molar-refractivity contribution in [1.82, 2.24) is 0 Å². The first kappa shape index (κ1) is 14.7. The second-order valence-electron chi connectivity index (χ2n) is 4.17. The van der Waals surface area contributed by atoms with Gasteiger partial charge in [-0.05, 0) is 26.2 Å². The first-order valence-corrected chi connectivity index (χ1v) is 6.08. The summed E-state index contributed by atoms with van der Waals surface area (Å²) >= 11 is 0. The van der Waals surface area contributed by atoms with Crippen LogP contribution in [-0.4, -0.2) is 36.1 Å². The minimum absolute atomic E-state index is 0.102. The zero-order valence-corrected chi connectivity index (χ0v) is 10.6. The van der Waals surface area contributed by atoms with E-state index in [0.717, 1.165) is 12.8 Å². The predicted octanol–water partition coefficient (Wildman–Crippen LogP) is 1.30. The van der Waals surface area contributed by atoms with Crippen molar-refractivity contribution in [3.8, 4) is 12.1 Å². The molecule has 1 atom stereocenters. The molecule has 1 aliphatic carbocycles. The minimum Gasteiger partial charge on any atom is -0.380 e. The standard InChI is InChI=1S/C13H18N2O3/c1-2-17-8-9-18-13(10-14,11-15)12(16)6-4-3-5-7-12/h4,6,16H,2-3,5,7-9H2,1H3. The van der Waals surface area contributed by atoms with E-state index in [4.69, 9.17) is 9.47 Å². The third kappa shape index (κ3) is 2.88. The van der Waals surface area contributed by atoms with Gasteiger partial charge in [-0.25, -0.2) is 0 Å². The lowest BCUT2D eigenvalue weighted by Crippen LogP contribution is -2.54. The number of hydrogen-bond donors (Lipinski definition) is 1. The summed E-state index contributed by atoms with van der Waals surface area (Å²) in [6, 6.07) is 3.62. The van der Waals surface area contributed by atoms with Crippen molar-refractivity contribution >= 4 is 0 Å². The Morgan fingerprint density at radius 3 is 2.61 bits per heavy atom. The number of ether oxygens (including phenoxy) is 2. The molecule has 0 aliphatic heterocycles. The van der Waals surface area contributed by atoms with Crippen LogP contribution in [0.2, 0.25) is 0 Å². The van der Waals surface area contributed by atoms with Crippen molar-refractivity contribution in [2.45, 2.75) is 37.4 Å². The van der Waals surface area contributed by atoms with Crippen molar-refractivity contribution in [3.63, 3.8) is 0 Å². The maximum Gasteiger partial charge on any atom is 0.273 e. The molecule has 0 aromatic carbocycles. The number of rotatable bonds is 6. The summed E-state index contributed by atoms with van der Waals surface area (Å²) in [5.41, 5.74) is -3.40. The quantitative estimate of drug-likeness (QED) is 0.567. The van der Waals surface area contributed by atoms with Crippen LogP contribution >= 0.6 is 0 Å². The van der Waals surface area contributed by atoms with E-state index < -0.39 is 11.2 Å². The molecule has 0 heterocycles.